The topological polar surface area (TPSA) is 58.2 Å². The minimum Gasteiger partial charge on any atom is -0.310 e. The molecule has 21 heavy (non-hydrogen) atoms. The maximum atomic E-state index is 12.5. The quantitative estimate of drug-likeness (QED) is 0.810. The van der Waals surface area contributed by atoms with Crippen LogP contribution >= 0.6 is 22.7 Å². The molecule has 7 heteroatoms. The Morgan fingerprint density at radius 1 is 1.14 bits per heavy atom. The van der Waals surface area contributed by atoms with E-state index in [1.165, 1.54) is 11.3 Å². The normalized spacial score (nSPS) is 13.7. The molecule has 0 aromatic carbocycles. The third-order valence-electron chi connectivity index (χ3n) is 2.97. The van der Waals surface area contributed by atoms with Crippen LogP contribution in [0.5, 0.6) is 0 Å². The minimum absolute atomic E-state index is 0.221. The Bertz CT molecular complexity index is 660. The van der Waals surface area contributed by atoms with Gasteiger partial charge in [-0.1, -0.05) is 19.9 Å². The van der Waals surface area contributed by atoms with E-state index in [1.807, 2.05) is 43.7 Å². The SMILES string of the molecule is CC(C)NCc1sccc1S(=O)(=O)NC(C)c1cccs1. The number of hydrogen-bond donors (Lipinski definition) is 2. The lowest BCUT2D eigenvalue weighted by Crippen LogP contribution is -2.28. The van der Waals surface area contributed by atoms with E-state index >= 15 is 0 Å². The Balaban J connectivity index is 2.14. The van der Waals surface area contributed by atoms with Crippen LogP contribution in [0.3, 0.4) is 0 Å². The van der Waals surface area contributed by atoms with Gasteiger partial charge in [-0.25, -0.2) is 13.1 Å². The van der Waals surface area contributed by atoms with Crippen molar-refractivity contribution in [2.45, 2.75) is 44.3 Å². The average molecular weight is 345 g/mol. The lowest BCUT2D eigenvalue weighted by molar-refractivity contribution is 0.562. The molecule has 0 fully saturated rings. The van der Waals surface area contributed by atoms with E-state index in [2.05, 4.69) is 10.0 Å². The summed E-state index contributed by atoms with van der Waals surface area (Å²) in [5, 5.41) is 7.03. The molecule has 0 amide bonds. The van der Waals surface area contributed by atoms with Crippen molar-refractivity contribution in [3.8, 4) is 0 Å². The maximum Gasteiger partial charge on any atom is 0.242 e. The van der Waals surface area contributed by atoms with Crippen LogP contribution in [-0.2, 0) is 16.6 Å². The summed E-state index contributed by atoms with van der Waals surface area (Å²) in [5.41, 5.74) is 0. The number of nitrogens with one attached hydrogen (secondary N) is 2. The summed E-state index contributed by atoms with van der Waals surface area (Å²) < 4.78 is 27.8. The van der Waals surface area contributed by atoms with Gasteiger partial charge < -0.3 is 5.32 Å². The summed E-state index contributed by atoms with van der Waals surface area (Å²) in [6.07, 6.45) is 0. The predicted molar refractivity (Wildman–Crippen MR) is 89.4 cm³/mol. The molecule has 2 rings (SSSR count). The first-order valence-electron chi connectivity index (χ1n) is 6.75. The highest BCUT2D eigenvalue weighted by molar-refractivity contribution is 7.89. The van der Waals surface area contributed by atoms with Crippen LogP contribution in [0.2, 0.25) is 0 Å². The molecule has 1 atom stereocenters. The first-order chi connectivity index (χ1) is 9.90. The van der Waals surface area contributed by atoms with E-state index in [0.29, 0.717) is 17.5 Å². The van der Waals surface area contributed by atoms with Gasteiger partial charge in [-0.15, -0.1) is 22.7 Å². The van der Waals surface area contributed by atoms with Crippen molar-refractivity contribution in [1.82, 2.24) is 10.0 Å². The summed E-state index contributed by atoms with van der Waals surface area (Å²) in [5.74, 6) is 0. The van der Waals surface area contributed by atoms with Crippen molar-refractivity contribution in [3.63, 3.8) is 0 Å². The molecule has 0 radical (unpaired) electrons. The zero-order valence-electron chi connectivity index (χ0n) is 12.3. The molecule has 2 aromatic heterocycles. The van der Waals surface area contributed by atoms with Crippen LogP contribution < -0.4 is 10.0 Å². The van der Waals surface area contributed by atoms with Gasteiger partial charge in [-0.3, -0.25) is 0 Å². The van der Waals surface area contributed by atoms with Crippen molar-refractivity contribution < 1.29 is 8.42 Å². The highest BCUT2D eigenvalue weighted by atomic mass is 32.2. The van der Waals surface area contributed by atoms with Gasteiger partial charge >= 0.3 is 0 Å². The summed E-state index contributed by atoms with van der Waals surface area (Å²) in [7, 11) is -3.49. The minimum atomic E-state index is -3.49. The second-order valence-electron chi connectivity index (χ2n) is 5.10. The largest absolute Gasteiger partial charge is 0.310 e. The Morgan fingerprint density at radius 3 is 2.52 bits per heavy atom. The van der Waals surface area contributed by atoms with Gasteiger partial charge in [-0.2, -0.15) is 0 Å². The smallest absolute Gasteiger partial charge is 0.242 e. The zero-order valence-corrected chi connectivity index (χ0v) is 14.7. The third-order valence-corrected chi connectivity index (χ3v) is 6.70. The molecule has 4 nitrogen and oxygen atoms in total. The molecule has 2 heterocycles. The molecule has 0 saturated carbocycles. The predicted octanol–water partition coefficient (Wildman–Crippen LogP) is 3.35. The van der Waals surface area contributed by atoms with E-state index in [0.717, 1.165) is 9.75 Å². The fraction of sp³-hybridized carbons (Fsp3) is 0.429. The monoisotopic (exact) mass is 344 g/mol. The Labute approximate surface area is 134 Å². The molecular formula is C14H20N2O2S3. The first-order valence-corrected chi connectivity index (χ1v) is 10.00. The van der Waals surface area contributed by atoms with Crippen molar-refractivity contribution >= 4 is 32.7 Å². The van der Waals surface area contributed by atoms with Gasteiger partial charge in [0.1, 0.15) is 0 Å². The van der Waals surface area contributed by atoms with Crippen LogP contribution in [0.15, 0.2) is 33.9 Å². The zero-order chi connectivity index (χ0) is 15.5. The fourth-order valence-corrected chi connectivity index (χ4v) is 5.31. The van der Waals surface area contributed by atoms with Gasteiger partial charge in [-0.05, 0) is 29.8 Å². The van der Waals surface area contributed by atoms with E-state index in [9.17, 15) is 8.42 Å². The Morgan fingerprint density at radius 2 is 1.90 bits per heavy atom. The van der Waals surface area contributed by atoms with Gasteiger partial charge in [0.25, 0.3) is 0 Å². The molecule has 2 aromatic rings. The van der Waals surface area contributed by atoms with Gasteiger partial charge in [0, 0.05) is 22.3 Å². The molecule has 0 aliphatic rings. The summed E-state index contributed by atoms with van der Waals surface area (Å²) in [6, 6.07) is 5.63. The second-order valence-corrected chi connectivity index (χ2v) is 8.76. The van der Waals surface area contributed by atoms with Crippen molar-refractivity contribution in [2.75, 3.05) is 0 Å². The third kappa shape index (κ3) is 4.37. The van der Waals surface area contributed by atoms with Gasteiger partial charge in [0.15, 0.2) is 0 Å². The highest BCUT2D eigenvalue weighted by Crippen LogP contribution is 2.25. The summed E-state index contributed by atoms with van der Waals surface area (Å²) in [4.78, 5) is 2.23. The highest BCUT2D eigenvalue weighted by Gasteiger charge is 2.22. The summed E-state index contributed by atoms with van der Waals surface area (Å²) in [6.45, 7) is 6.51. The number of rotatable bonds is 7. The molecule has 0 saturated heterocycles. The molecule has 0 bridgehead atoms. The van der Waals surface area contributed by atoms with Crippen molar-refractivity contribution in [3.05, 3.63) is 38.7 Å². The van der Waals surface area contributed by atoms with Crippen molar-refractivity contribution in [1.29, 1.82) is 0 Å². The molecular weight excluding hydrogens is 324 g/mol. The molecule has 0 aliphatic heterocycles. The van der Waals surface area contributed by atoms with E-state index < -0.39 is 10.0 Å². The molecule has 0 spiro atoms. The molecule has 1 unspecified atom stereocenters. The Kier molecular flexibility index (Phi) is 5.56. The second kappa shape index (κ2) is 7.02. The van der Waals surface area contributed by atoms with Gasteiger partial charge in [0.2, 0.25) is 10.0 Å². The fourth-order valence-electron chi connectivity index (χ4n) is 1.89. The average Bonchev–Trinajstić information content (AvgIpc) is 3.07. The van der Waals surface area contributed by atoms with E-state index in [1.54, 1.807) is 17.4 Å². The Hall–Kier alpha value is -0.730. The standard InChI is InChI=1S/C14H20N2O2S3/c1-10(2)15-9-13-14(6-8-20-13)21(17,18)16-11(3)12-5-4-7-19-12/h4-8,10-11,15-16H,9H2,1-3H3. The molecule has 0 aliphatic carbocycles. The van der Waals surface area contributed by atoms with E-state index in [4.69, 9.17) is 0 Å². The van der Waals surface area contributed by atoms with Gasteiger partial charge in [0.05, 0.1) is 10.9 Å². The maximum absolute atomic E-state index is 12.5. The lowest BCUT2D eigenvalue weighted by Gasteiger charge is -2.14. The number of sulfonamides is 1. The van der Waals surface area contributed by atoms with Crippen LogP contribution in [0.4, 0.5) is 0 Å². The van der Waals surface area contributed by atoms with Crippen LogP contribution in [0, 0.1) is 0 Å². The van der Waals surface area contributed by atoms with Crippen molar-refractivity contribution in [2.24, 2.45) is 0 Å². The number of hydrogen-bond acceptors (Lipinski definition) is 5. The summed E-state index contributed by atoms with van der Waals surface area (Å²) >= 11 is 3.01. The number of thiophene rings is 2. The van der Waals surface area contributed by atoms with Crippen LogP contribution in [0.1, 0.15) is 36.6 Å². The molecule has 116 valence electrons. The van der Waals surface area contributed by atoms with Crippen LogP contribution in [0.25, 0.3) is 0 Å². The van der Waals surface area contributed by atoms with Crippen LogP contribution in [-0.4, -0.2) is 14.5 Å². The molecule has 2 N–H and O–H groups in total. The van der Waals surface area contributed by atoms with E-state index in [-0.39, 0.29) is 6.04 Å². The first kappa shape index (κ1) is 16.6. The lowest BCUT2D eigenvalue weighted by atomic mass is 10.3.